The SMILES string of the molecule is CCCNC(CC1CC2CCC1C2)c1ccc(Cl)c(Cl)c1. The van der Waals surface area contributed by atoms with Crippen molar-refractivity contribution in [3.8, 4) is 0 Å². The van der Waals surface area contributed by atoms with E-state index in [1.54, 1.807) is 0 Å². The quantitative estimate of drug-likeness (QED) is 0.690. The van der Waals surface area contributed by atoms with Gasteiger partial charge >= 0.3 is 0 Å². The zero-order valence-electron chi connectivity index (χ0n) is 12.7. The van der Waals surface area contributed by atoms with Crippen LogP contribution in [0.5, 0.6) is 0 Å². The highest BCUT2D eigenvalue weighted by atomic mass is 35.5. The fraction of sp³-hybridized carbons (Fsp3) is 0.667. The summed E-state index contributed by atoms with van der Waals surface area (Å²) in [5.41, 5.74) is 1.29. The van der Waals surface area contributed by atoms with E-state index in [2.05, 4.69) is 18.3 Å². The second-order valence-electron chi connectivity index (χ2n) is 6.85. The van der Waals surface area contributed by atoms with Crippen LogP contribution in [0.25, 0.3) is 0 Å². The Morgan fingerprint density at radius 1 is 1.19 bits per heavy atom. The van der Waals surface area contributed by atoms with Crippen molar-refractivity contribution in [3.05, 3.63) is 33.8 Å². The minimum Gasteiger partial charge on any atom is -0.310 e. The molecule has 0 saturated heterocycles. The molecule has 0 amide bonds. The van der Waals surface area contributed by atoms with Gasteiger partial charge in [-0.2, -0.15) is 0 Å². The fourth-order valence-electron chi connectivity index (χ4n) is 4.35. The summed E-state index contributed by atoms with van der Waals surface area (Å²) >= 11 is 12.3. The average Bonchev–Trinajstić information content (AvgIpc) is 3.09. The summed E-state index contributed by atoms with van der Waals surface area (Å²) in [6, 6.07) is 6.53. The number of fused-ring (bicyclic) bond motifs is 2. The van der Waals surface area contributed by atoms with Gasteiger partial charge in [-0.05, 0) is 74.1 Å². The van der Waals surface area contributed by atoms with E-state index < -0.39 is 0 Å². The Bertz CT molecular complexity index is 488. The minimum absolute atomic E-state index is 0.420. The van der Waals surface area contributed by atoms with Crippen LogP contribution in [0, 0.1) is 17.8 Å². The third-order valence-corrected chi connectivity index (χ3v) is 6.15. The summed E-state index contributed by atoms with van der Waals surface area (Å²) in [5.74, 6) is 2.89. The van der Waals surface area contributed by atoms with Gasteiger partial charge in [-0.15, -0.1) is 0 Å². The number of halogens is 2. The Morgan fingerprint density at radius 3 is 2.67 bits per heavy atom. The maximum atomic E-state index is 6.21. The zero-order valence-corrected chi connectivity index (χ0v) is 14.3. The Morgan fingerprint density at radius 2 is 2.05 bits per heavy atom. The lowest BCUT2D eigenvalue weighted by Crippen LogP contribution is -2.26. The molecule has 0 spiro atoms. The maximum Gasteiger partial charge on any atom is 0.0595 e. The van der Waals surface area contributed by atoms with Gasteiger partial charge in [0, 0.05) is 6.04 Å². The molecule has 2 bridgehead atoms. The van der Waals surface area contributed by atoms with Crippen LogP contribution in [-0.4, -0.2) is 6.54 Å². The van der Waals surface area contributed by atoms with E-state index in [1.165, 1.54) is 37.7 Å². The fourth-order valence-corrected chi connectivity index (χ4v) is 4.66. The summed E-state index contributed by atoms with van der Waals surface area (Å²) in [7, 11) is 0. The van der Waals surface area contributed by atoms with Crippen LogP contribution in [0.2, 0.25) is 10.0 Å². The topological polar surface area (TPSA) is 12.0 Å². The molecule has 1 nitrogen and oxygen atoms in total. The van der Waals surface area contributed by atoms with Gasteiger partial charge in [-0.25, -0.2) is 0 Å². The molecule has 0 heterocycles. The van der Waals surface area contributed by atoms with E-state index in [9.17, 15) is 0 Å². The molecule has 3 rings (SSSR count). The molecule has 4 atom stereocenters. The van der Waals surface area contributed by atoms with Crippen LogP contribution in [0.15, 0.2) is 18.2 Å². The smallest absolute Gasteiger partial charge is 0.0595 e. The van der Waals surface area contributed by atoms with Gasteiger partial charge in [-0.3, -0.25) is 0 Å². The van der Waals surface area contributed by atoms with Crippen molar-refractivity contribution in [2.45, 2.75) is 51.5 Å². The predicted molar refractivity (Wildman–Crippen MR) is 91.1 cm³/mol. The van der Waals surface area contributed by atoms with Crippen molar-refractivity contribution in [3.63, 3.8) is 0 Å². The summed E-state index contributed by atoms with van der Waals surface area (Å²) in [6.07, 6.45) is 8.26. The van der Waals surface area contributed by atoms with E-state index in [4.69, 9.17) is 23.2 Å². The predicted octanol–water partition coefficient (Wildman–Crippen LogP) is 5.86. The molecule has 4 unspecified atom stereocenters. The summed E-state index contributed by atoms with van der Waals surface area (Å²) in [6.45, 7) is 3.28. The molecule has 0 radical (unpaired) electrons. The molecule has 1 aromatic carbocycles. The molecule has 21 heavy (non-hydrogen) atoms. The third kappa shape index (κ3) is 3.57. The highest BCUT2D eigenvalue weighted by molar-refractivity contribution is 6.42. The van der Waals surface area contributed by atoms with Crippen LogP contribution >= 0.6 is 23.2 Å². The first kappa shape index (κ1) is 15.6. The van der Waals surface area contributed by atoms with Crippen LogP contribution in [0.3, 0.4) is 0 Å². The summed E-state index contributed by atoms with van der Waals surface area (Å²) in [4.78, 5) is 0. The zero-order chi connectivity index (χ0) is 14.8. The van der Waals surface area contributed by atoms with Gasteiger partial charge in [-0.1, -0.05) is 42.6 Å². The standard InChI is InChI=1S/C18H25Cl2N/c1-2-7-21-18(14-5-6-16(19)17(20)10-14)11-15-9-12-3-4-13(15)8-12/h5-6,10,12-13,15,18,21H,2-4,7-9,11H2,1H3. The molecule has 116 valence electrons. The molecule has 0 aromatic heterocycles. The molecular formula is C18H25Cl2N. The molecule has 0 aliphatic heterocycles. The van der Waals surface area contributed by atoms with E-state index in [-0.39, 0.29) is 0 Å². The van der Waals surface area contributed by atoms with E-state index in [0.717, 1.165) is 30.7 Å². The van der Waals surface area contributed by atoms with Crippen LogP contribution in [0.4, 0.5) is 0 Å². The normalized spacial score (nSPS) is 29.0. The molecular weight excluding hydrogens is 301 g/mol. The number of nitrogens with one attached hydrogen (secondary N) is 1. The minimum atomic E-state index is 0.420. The van der Waals surface area contributed by atoms with Crippen molar-refractivity contribution in [2.75, 3.05) is 6.54 Å². The number of hydrogen-bond acceptors (Lipinski definition) is 1. The van der Waals surface area contributed by atoms with E-state index in [0.29, 0.717) is 16.1 Å². The van der Waals surface area contributed by atoms with Gasteiger partial charge < -0.3 is 5.32 Å². The number of rotatable bonds is 6. The Labute approximate surface area is 138 Å². The lowest BCUT2D eigenvalue weighted by Gasteiger charge is -2.28. The maximum absolute atomic E-state index is 6.21. The van der Waals surface area contributed by atoms with Gasteiger partial charge in [0.1, 0.15) is 0 Å². The number of hydrogen-bond donors (Lipinski definition) is 1. The number of benzene rings is 1. The van der Waals surface area contributed by atoms with Crippen molar-refractivity contribution in [2.24, 2.45) is 17.8 Å². The van der Waals surface area contributed by atoms with Crippen molar-refractivity contribution < 1.29 is 0 Å². The van der Waals surface area contributed by atoms with Gasteiger partial charge in [0.2, 0.25) is 0 Å². The Kier molecular flexibility index (Phi) is 5.14. The summed E-state index contributed by atoms with van der Waals surface area (Å²) in [5, 5.41) is 5.04. The molecule has 3 heteroatoms. The molecule has 2 aliphatic carbocycles. The van der Waals surface area contributed by atoms with Gasteiger partial charge in [0.15, 0.2) is 0 Å². The van der Waals surface area contributed by atoms with Gasteiger partial charge in [0.25, 0.3) is 0 Å². The molecule has 1 aromatic rings. The van der Waals surface area contributed by atoms with Crippen molar-refractivity contribution in [1.82, 2.24) is 5.32 Å². The largest absolute Gasteiger partial charge is 0.310 e. The highest BCUT2D eigenvalue weighted by Crippen LogP contribution is 2.51. The first-order chi connectivity index (χ1) is 10.2. The molecule has 1 N–H and O–H groups in total. The molecule has 2 fully saturated rings. The van der Waals surface area contributed by atoms with Crippen LogP contribution < -0.4 is 5.32 Å². The lowest BCUT2D eigenvalue weighted by molar-refractivity contribution is 0.279. The summed E-state index contributed by atoms with van der Waals surface area (Å²) < 4.78 is 0. The first-order valence-corrected chi connectivity index (χ1v) is 9.11. The van der Waals surface area contributed by atoms with Crippen molar-refractivity contribution in [1.29, 1.82) is 0 Å². The van der Waals surface area contributed by atoms with Crippen LogP contribution in [0.1, 0.15) is 57.1 Å². The van der Waals surface area contributed by atoms with E-state index >= 15 is 0 Å². The molecule has 2 saturated carbocycles. The third-order valence-electron chi connectivity index (χ3n) is 5.41. The Balaban J connectivity index is 1.72. The molecule has 2 aliphatic rings. The lowest BCUT2D eigenvalue weighted by atomic mass is 9.82. The van der Waals surface area contributed by atoms with Crippen LogP contribution in [-0.2, 0) is 0 Å². The van der Waals surface area contributed by atoms with Gasteiger partial charge in [0.05, 0.1) is 10.0 Å². The highest BCUT2D eigenvalue weighted by Gasteiger charge is 2.40. The average molecular weight is 326 g/mol. The van der Waals surface area contributed by atoms with E-state index in [1.807, 2.05) is 12.1 Å². The first-order valence-electron chi connectivity index (χ1n) is 8.35. The Hall–Kier alpha value is -0.240. The van der Waals surface area contributed by atoms with Crippen molar-refractivity contribution >= 4 is 23.2 Å². The second kappa shape index (κ2) is 6.89. The monoisotopic (exact) mass is 325 g/mol. The second-order valence-corrected chi connectivity index (χ2v) is 7.67.